The summed E-state index contributed by atoms with van der Waals surface area (Å²) < 4.78 is 5.31. The van der Waals surface area contributed by atoms with E-state index in [2.05, 4.69) is 5.32 Å². The van der Waals surface area contributed by atoms with Crippen LogP contribution in [0.2, 0.25) is 0 Å². The molecule has 0 aromatic carbocycles. The van der Waals surface area contributed by atoms with E-state index >= 15 is 0 Å². The van der Waals surface area contributed by atoms with Crippen molar-refractivity contribution in [1.29, 1.82) is 0 Å². The summed E-state index contributed by atoms with van der Waals surface area (Å²) in [7, 11) is 0. The molecule has 0 saturated carbocycles. The molecule has 5 heteroatoms. The molecule has 0 bridgehead atoms. The van der Waals surface area contributed by atoms with Gasteiger partial charge in [0.2, 0.25) is 5.91 Å². The molecule has 2 rings (SSSR count). The van der Waals surface area contributed by atoms with Crippen LogP contribution in [0.4, 0.5) is 4.79 Å². The SMILES string of the molecule is O=C1CN(CC2CCCOC2)C(=O)N1. The molecule has 1 unspecified atom stereocenters. The van der Waals surface area contributed by atoms with Gasteiger partial charge in [0.05, 0.1) is 6.61 Å². The Morgan fingerprint density at radius 2 is 2.36 bits per heavy atom. The number of rotatable bonds is 2. The predicted octanol–water partition coefficient (Wildman–Crippen LogP) is -0.0352. The van der Waals surface area contributed by atoms with E-state index in [9.17, 15) is 9.59 Å². The predicted molar refractivity (Wildman–Crippen MR) is 48.7 cm³/mol. The zero-order chi connectivity index (χ0) is 9.97. The molecule has 1 atom stereocenters. The highest BCUT2D eigenvalue weighted by Gasteiger charge is 2.29. The first-order valence-electron chi connectivity index (χ1n) is 4.92. The summed E-state index contributed by atoms with van der Waals surface area (Å²) in [6, 6.07) is -0.263. The first-order valence-corrected chi connectivity index (χ1v) is 4.92. The summed E-state index contributed by atoms with van der Waals surface area (Å²) in [6.07, 6.45) is 2.13. The second-order valence-electron chi connectivity index (χ2n) is 3.82. The second kappa shape index (κ2) is 3.96. The molecule has 0 aliphatic carbocycles. The Morgan fingerprint density at radius 1 is 1.50 bits per heavy atom. The molecular formula is C9H14N2O3. The van der Waals surface area contributed by atoms with Gasteiger partial charge in [-0.1, -0.05) is 0 Å². The molecule has 14 heavy (non-hydrogen) atoms. The van der Waals surface area contributed by atoms with Crippen molar-refractivity contribution in [3.63, 3.8) is 0 Å². The van der Waals surface area contributed by atoms with E-state index in [-0.39, 0.29) is 18.5 Å². The van der Waals surface area contributed by atoms with Crippen LogP contribution in [-0.2, 0) is 9.53 Å². The van der Waals surface area contributed by atoms with Crippen molar-refractivity contribution >= 4 is 11.9 Å². The second-order valence-corrected chi connectivity index (χ2v) is 3.82. The molecular weight excluding hydrogens is 184 g/mol. The van der Waals surface area contributed by atoms with Gasteiger partial charge in [-0.05, 0) is 12.8 Å². The van der Waals surface area contributed by atoms with Crippen LogP contribution in [0.25, 0.3) is 0 Å². The number of hydrogen-bond donors (Lipinski definition) is 1. The summed E-state index contributed by atoms with van der Waals surface area (Å²) in [5.74, 6) is 0.187. The van der Waals surface area contributed by atoms with Crippen LogP contribution < -0.4 is 5.32 Å². The van der Waals surface area contributed by atoms with E-state index in [0.717, 1.165) is 19.4 Å². The number of hydrogen-bond acceptors (Lipinski definition) is 3. The van der Waals surface area contributed by atoms with Crippen molar-refractivity contribution in [1.82, 2.24) is 10.2 Å². The normalized spacial score (nSPS) is 28.0. The lowest BCUT2D eigenvalue weighted by Crippen LogP contribution is -2.35. The molecule has 2 aliphatic rings. The number of urea groups is 1. The molecule has 3 amide bonds. The Morgan fingerprint density at radius 3 is 2.93 bits per heavy atom. The summed E-state index contributed by atoms with van der Waals surface area (Å²) in [5.41, 5.74) is 0. The summed E-state index contributed by atoms with van der Waals surface area (Å²) in [6.45, 7) is 2.37. The molecule has 1 N–H and O–H groups in total. The van der Waals surface area contributed by atoms with Gasteiger partial charge in [-0.25, -0.2) is 4.79 Å². The van der Waals surface area contributed by atoms with Gasteiger partial charge in [-0.3, -0.25) is 10.1 Å². The molecule has 78 valence electrons. The van der Waals surface area contributed by atoms with Gasteiger partial charge < -0.3 is 9.64 Å². The Hall–Kier alpha value is -1.10. The smallest absolute Gasteiger partial charge is 0.324 e. The number of carbonyl (C=O) groups excluding carboxylic acids is 2. The largest absolute Gasteiger partial charge is 0.381 e. The van der Waals surface area contributed by atoms with E-state index in [4.69, 9.17) is 4.74 Å². The Labute approximate surface area is 82.4 Å². The highest BCUT2D eigenvalue weighted by molar-refractivity contribution is 6.01. The lowest BCUT2D eigenvalue weighted by Gasteiger charge is -2.25. The third kappa shape index (κ3) is 2.04. The highest BCUT2D eigenvalue weighted by atomic mass is 16.5. The van der Waals surface area contributed by atoms with Crippen LogP contribution >= 0.6 is 0 Å². The molecule has 2 heterocycles. The van der Waals surface area contributed by atoms with Gasteiger partial charge in [-0.2, -0.15) is 0 Å². The van der Waals surface area contributed by atoms with E-state index in [1.807, 2.05) is 0 Å². The Kier molecular flexibility index (Phi) is 2.67. The molecule has 2 fully saturated rings. The van der Waals surface area contributed by atoms with Crippen LogP contribution in [0.15, 0.2) is 0 Å². The van der Waals surface area contributed by atoms with E-state index < -0.39 is 0 Å². The standard InChI is InChI=1S/C9H14N2O3/c12-8-5-11(9(13)10-8)4-7-2-1-3-14-6-7/h7H,1-6H2,(H,10,12,13). The van der Waals surface area contributed by atoms with Gasteiger partial charge in [-0.15, -0.1) is 0 Å². The van der Waals surface area contributed by atoms with Gasteiger partial charge in [0.25, 0.3) is 0 Å². The topological polar surface area (TPSA) is 58.6 Å². The average Bonchev–Trinajstić information content (AvgIpc) is 2.47. The number of ether oxygens (including phenoxy) is 1. The van der Waals surface area contributed by atoms with Crippen molar-refractivity contribution < 1.29 is 14.3 Å². The van der Waals surface area contributed by atoms with Gasteiger partial charge >= 0.3 is 6.03 Å². The number of nitrogens with zero attached hydrogens (tertiary/aromatic N) is 1. The van der Waals surface area contributed by atoms with Crippen molar-refractivity contribution in [3.8, 4) is 0 Å². The van der Waals surface area contributed by atoms with Gasteiger partial charge in [0, 0.05) is 19.1 Å². The number of imide groups is 1. The summed E-state index contributed by atoms with van der Waals surface area (Å²) >= 11 is 0. The first-order chi connectivity index (χ1) is 6.75. The molecule has 5 nitrogen and oxygen atoms in total. The van der Waals surface area contributed by atoms with Crippen LogP contribution in [0.1, 0.15) is 12.8 Å². The third-order valence-electron chi connectivity index (χ3n) is 2.60. The lowest BCUT2D eigenvalue weighted by molar-refractivity contribution is -0.118. The van der Waals surface area contributed by atoms with E-state index in [0.29, 0.717) is 19.1 Å². The fourth-order valence-corrected chi connectivity index (χ4v) is 1.89. The number of nitrogens with one attached hydrogen (secondary N) is 1. The van der Waals surface area contributed by atoms with Gasteiger partial charge in [0.15, 0.2) is 0 Å². The molecule has 2 aliphatic heterocycles. The third-order valence-corrected chi connectivity index (χ3v) is 2.60. The van der Waals surface area contributed by atoms with E-state index in [1.54, 1.807) is 4.90 Å². The zero-order valence-corrected chi connectivity index (χ0v) is 7.99. The minimum Gasteiger partial charge on any atom is -0.381 e. The van der Waals surface area contributed by atoms with Crippen molar-refractivity contribution in [2.75, 3.05) is 26.3 Å². The van der Waals surface area contributed by atoms with Crippen LogP contribution in [0.3, 0.4) is 0 Å². The fourth-order valence-electron chi connectivity index (χ4n) is 1.89. The van der Waals surface area contributed by atoms with Crippen molar-refractivity contribution in [2.45, 2.75) is 12.8 Å². The fraction of sp³-hybridized carbons (Fsp3) is 0.778. The monoisotopic (exact) mass is 198 g/mol. The zero-order valence-electron chi connectivity index (χ0n) is 7.99. The molecule has 2 saturated heterocycles. The maximum Gasteiger partial charge on any atom is 0.324 e. The maximum absolute atomic E-state index is 11.2. The Bertz CT molecular complexity index is 248. The summed E-state index contributed by atoms with van der Waals surface area (Å²) in [4.78, 5) is 23.7. The molecule has 0 spiro atoms. The average molecular weight is 198 g/mol. The van der Waals surface area contributed by atoms with E-state index in [1.165, 1.54) is 0 Å². The minimum atomic E-state index is -0.263. The first kappa shape index (κ1) is 9.45. The van der Waals surface area contributed by atoms with Crippen molar-refractivity contribution in [2.24, 2.45) is 5.92 Å². The molecule has 0 aromatic rings. The molecule has 0 aromatic heterocycles. The minimum absolute atomic E-state index is 0.202. The quantitative estimate of drug-likeness (QED) is 0.634. The number of carbonyl (C=O) groups is 2. The van der Waals surface area contributed by atoms with Crippen LogP contribution in [0, 0.1) is 5.92 Å². The molecule has 0 radical (unpaired) electrons. The van der Waals surface area contributed by atoms with Crippen molar-refractivity contribution in [3.05, 3.63) is 0 Å². The Balaban J connectivity index is 1.84. The lowest BCUT2D eigenvalue weighted by atomic mass is 10.0. The highest BCUT2D eigenvalue weighted by Crippen LogP contribution is 2.15. The van der Waals surface area contributed by atoms with Crippen LogP contribution in [0.5, 0.6) is 0 Å². The maximum atomic E-state index is 11.2. The summed E-state index contributed by atoms with van der Waals surface area (Å²) in [5, 5.41) is 2.26. The van der Waals surface area contributed by atoms with Crippen LogP contribution in [-0.4, -0.2) is 43.1 Å². The van der Waals surface area contributed by atoms with Gasteiger partial charge in [0.1, 0.15) is 6.54 Å². The number of amides is 3.